The van der Waals surface area contributed by atoms with Crippen LogP contribution in [0.3, 0.4) is 0 Å². The molecule has 1 rings (SSSR count). The van der Waals surface area contributed by atoms with Gasteiger partial charge < -0.3 is 5.32 Å². The highest BCUT2D eigenvalue weighted by Gasteiger charge is 2.20. The maximum Gasteiger partial charge on any atom is 0.00696 e. The molecule has 1 N–H and O–H groups in total. The maximum atomic E-state index is 3.64. The van der Waals surface area contributed by atoms with Crippen molar-refractivity contribution in [2.24, 2.45) is 5.92 Å². The predicted molar refractivity (Wildman–Crippen MR) is 66.2 cm³/mol. The lowest BCUT2D eigenvalue weighted by Gasteiger charge is -2.30. The van der Waals surface area contributed by atoms with Crippen molar-refractivity contribution in [3.8, 4) is 0 Å². The zero-order valence-electron chi connectivity index (χ0n) is 9.88. The standard InChI is InChI=1S/C12H25N.ClH/c1-4-5-11-6-8-12(9-7-11)13-10(2)3;/h10-13H,4-9H2,1-3H3;1H. The van der Waals surface area contributed by atoms with E-state index in [1.807, 2.05) is 0 Å². The Morgan fingerprint density at radius 1 is 1.14 bits per heavy atom. The highest BCUT2D eigenvalue weighted by Crippen LogP contribution is 2.27. The summed E-state index contributed by atoms with van der Waals surface area (Å²) in [7, 11) is 0. The van der Waals surface area contributed by atoms with Crippen molar-refractivity contribution >= 4 is 12.4 Å². The van der Waals surface area contributed by atoms with Gasteiger partial charge in [-0.3, -0.25) is 0 Å². The third-order valence-corrected chi connectivity index (χ3v) is 3.11. The van der Waals surface area contributed by atoms with Crippen molar-refractivity contribution in [3.05, 3.63) is 0 Å². The summed E-state index contributed by atoms with van der Waals surface area (Å²) >= 11 is 0. The average molecular weight is 220 g/mol. The van der Waals surface area contributed by atoms with E-state index in [2.05, 4.69) is 26.1 Å². The molecule has 0 spiro atoms. The first-order valence-corrected chi connectivity index (χ1v) is 5.98. The molecule has 1 aliphatic rings. The second-order valence-electron chi connectivity index (χ2n) is 4.83. The van der Waals surface area contributed by atoms with Crippen LogP contribution < -0.4 is 5.32 Å². The highest BCUT2D eigenvalue weighted by molar-refractivity contribution is 5.85. The van der Waals surface area contributed by atoms with Gasteiger partial charge in [-0.15, -0.1) is 12.4 Å². The smallest absolute Gasteiger partial charge is 0.00696 e. The quantitative estimate of drug-likeness (QED) is 0.759. The van der Waals surface area contributed by atoms with Gasteiger partial charge in [-0.2, -0.15) is 0 Å². The molecule has 0 radical (unpaired) electrons. The number of halogens is 1. The minimum absolute atomic E-state index is 0. The molecule has 14 heavy (non-hydrogen) atoms. The average Bonchev–Trinajstić information content (AvgIpc) is 2.08. The van der Waals surface area contributed by atoms with Gasteiger partial charge >= 0.3 is 0 Å². The van der Waals surface area contributed by atoms with E-state index in [1.165, 1.54) is 38.5 Å². The zero-order valence-corrected chi connectivity index (χ0v) is 10.7. The number of nitrogens with one attached hydrogen (secondary N) is 1. The molecule has 0 aromatic carbocycles. The minimum Gasteiger partial charge on any atom is -0.312 e. The predicted octanol–water partition coefficient (Wildman–Crippen LogP) is 3.77. The van der Waals surface area contributed by atoms with Gasteiger partial charge in [0.05, 0.1) is 0 Å². The van der Waals surface area contributed by atoms with E-state index < -0.39 is 0 Å². The van der Waals surface area contributed by atoms with Crippen LogP contribution in [-0.2, 0) is 0 Å². The molecule has 1 nitrogen and oxygen atoms in total. The van der Waals surface area contributed by atoms with Crippen LogP contribution in [0.25, 0.3) is 0 Å². The minimum atomic E-state index is 0. The van der Waals surface area contributed by atoms with E-state index in [9.17, 15) is 0 Å². The van der Waals surface area contributed by atoms with E-state index in [-0.39, 0.29) is 12.4 Å². The Hall–Kier alpha value is 0.250. The van der Waals surface area contributed by atoms with Crippen molar-refractivity contribution in [1.82, 2.24) is 5.32 Å². The van der Waals surface area contributed by atoms with Crippen LogP contribution in [0, 0.1) is 5.92 Å². The van der Waals surface area contributed by atoms with Gasteiger partial charge in [-0.1, -0.05) is 33.6 Å². The lowest BCUT2D eigenvalue weighted by molar-refractivity contribution is 0.269. The summed E-state index contributed by atoms with van der Waals surface area (Å²) in [5.41, 5.74) is 0. The fourth-order valence-corrected chi connectivity index (χ4v) is 2.50. The molecule has 2 heteroatoms. The van der Waals surface area contributed by atoms with Crippen LogP contribution in [-0.4, -0.2) is 12.1 Å². The molecule has 1 fully saturated rings. The lowest BCUT2D eigenvalue weighted by atomic mass is 9.83. The second kappa shape index (κ2) is 7.53. The van der Waals surface area contributed by atoms with Crippen LogP contribution >= 0.6 is 12.4 Å². The Bertz CT molecular complexity index is 128. The molecule has 1 saturated carbocycles. The topological polar surface area (TPSA) is 12.0 Å². The molecule has 0 aromatic rings. The highest BCUT2D eigenvalue weighted by atomic mass is 35.5. The van der Waals surface area contributed by atoms with Gasteiger partial charge in [0, 0.05) is 12.1 Å². The Labute approximate surface area is 95.5 Å². The number of hydrogen-bond donors (Lipinski definition) is 1. The molecule has 0 atom stereocenters. The van der Waals surface area contributed by atoms with E-state index in [1.54, 1.807) is 0 Å². The molecule has 0 saturated heterocycles. The first-order valence-electron chi connectivity index (χ1n) is 5.98. The molecule has 0 unspecified atom stereocenters. The van der Waals surface area contributed by atoms with Gasteiger partial charge in [0.1, 0.15) is 0 Å². The second-order valence-corrected chi connectivity index (χ2v) is 4.83. The van der Waals surface area contributed by atoms with Crippen molar-refractivity contribution in [2.75, 3.05) is 0 Å². The van der Waals surface area contributed by atoms with Crippen LogP contribution in [0.1, 0.15) is 59.3 Å². The summed E-state index contributed by atoms with van der Waals surface area (Å²) in [5, 5.41) is 3.64. The monoisotopic (exact) mass is 219 g/mol. The van der Waals surface area contributed by atoms with E-state index in [0.29, 0.717) is 6.04 Å². The SMILES string of the molecule is CCCC1CCC(NC(C)C)CC1.Cl. The molecule has 0 heterocycles. The molecular formula is C12H26ClN. The Morgan fingerprint density at radius 3 is 2.14 bits per heavy atom. The van der Waals surface area contributed by atoms with Crippen molar-refractivity contribution in [1.29, 1.82) is 0 Å². The maximum absolute atomic E-state index is 3.64. The van der Waals surface area contributed by atoms with E-state index >= 15 is 0 Å². The number of hydrogen-bond acceptors (Lipinski definition) is 1. The fraction of sp³-hybridized carbons (Fsp3) is 1.00. The van der Waals surface area contributed by atoms with Gasteiger partial charge in [0.15, 0.2) is 0 Å². The van der Waals surface area contributed by atoms with Crippen LogP contribution in [0.2, 0.25) is 0 Å². The third-order valence-electron chi connectivity index (χ3n) is 3.11. The van der Waals surface area contributed by atoms with Gasteiger partial charge in [0.25, 0.3) is 0 Å². The summed E-state index contributed by atoms with van der Waals surface area (Å²) in [6.45, 7) is 6.80. The molecule has 1 aliphatic carbocycles. The lowest BCUT2D eigenvalue weighted by Crippen LogP contribution is -2.37. The van der Waals surface area contributed by atoms with E-state index in [4.69, 9.17) is 0 Å². The summed E-state index contributed by atoms with van der Waals surface area (Å²) in [5.74, 6) is 1.04. The first kappa shape index (κ1) is 14.2. The Kier molecular flexibility index (Phi) is 7.66. The van der Waals surface area contributed by atoms with Gasteiger partial charge in [-0.25, -0.2) is 0 Å². The van der Waals surface area contributed by atoms with Crippen molar-refractivity contribution in [2.45, 2.75) is 71.4 Å². The zero-order chi connectivity index (χ0) is 9.68. The Morgan fingerprint density at radius 2 is 1.71 bits per heavy atom. The normalized spacial score (nSPS) is 27.4. The molecule has 0 aromatic heterocycles. The van der Waals surface area contributed by atoms with Crippen LogP contribution in [0.15, 0.2) is 0 Å². The Balaban J connectivity index is 0.00000169. The largest absolute Gasteiger partial charge is 0.312 e. The van der Waals surface area contributed by atoms with E-state index in [0.717, 1.165) is 12.0 Å². The summed E-state index contributed by atoms with van der Waals surface area (Å²) in [6, 6.07) is 1.47. The van der Waals surface area contributed by atoms with Crippen molar-refractivity contribution in [3.63, 3.8) is 0 Å². The third kappa shape index (κ3) is 5.21. The summed E-state index contributed by atoms with van der Waals surface area (Å²) in [4.78, 5) is 0. The molecule has 86 valence electrons. The van der Waals surface area contributed by atoms with Crippen LogP contribution in [0.4, 0.5) is 0 Å². The molecule has 0 aliphatic heterocycles. The molecule has 0 bridgehead atoms. The fourth-order valence-electron chi connectivity index (χ4n) is 2.50. The summed E-state index contributed by atoms with van der Waals surface area (Å²) < 4.78 is 0. The number of rotatable bonds is 4. The molecular weight excluding hydrogens is 194 g/mol. The summed E-state index contributed by atoms with van der Waals surface area (Å²) in [6.07, 6.45) is 8.55. The van der Waals surface area contributed by atoms with Crippen LogP contribution in [0.5, 0.6) is 0 Å². The molecule has 0 amide bonds. The first-order chi connectivity index (χ1) is 6.22. The van der Waals surface area contributed by atoms with Gasteiger partial charge in [0.2, 0.25) is 0 Å². The van der Waals surface area contributed by atoms with Gasteiger partial charge in [-0.05, 0) is 31.6 Å². The van der Waals surface area contributed by atoms with Crippen molar-refractivity contribution < 1.29 is 0 Å².